The summed E-state index contributed by atoms with van der Waals surface area (Å²) in [6.45, 7) is 2.55. The van der Waals surface area contributed by atoms with Gasteiger partial charge >= 0.3 is 11.9 Å². The molecule has 0 aromatic heterocycles. The first-order valence-electron chi connectivity index (χ1n) is 5.73. The molecule has 0 aliphatic carbocycles. The monoisotopic (exact) mass is 282 g/mol. The molecule has 0 fully saturated rings. The first-order valence-corrected chi connectivity index (χ1v) is 5.73. The minimum Gasteiger partial charge on any atom is -0.492 e. The van der Waals surface area contributed by atoms with E-state index in [1.165, 1.54) is 0 Å². The zero-order valence-corrected chi connectivity index (χ0v) is 11.0. The van der Waals surface area contributed by atoms with Crippen molar-refractivity contribution in [2.75, 3.05) is 6.61 Å². The van der Waals surface area contributed by atoms with E-state index in [1.807, 2.05) is 37.3 Å². The molecule has 0 saturated carbocycles. The van der Waals surface area contributed by atoms with E-state index < -0.39 is 11.9 Å². The molecule has 20 heavy (non-hydrogen) atoms. The van der Waals surface area contributed by atoms with Crippen molar-refractivity contribution in [2.24, 2.45) is 5.84 Å². The smallest absolute Gasteiger partial charge is 0.328 e. The molecule has 0 saturated heterocycles. The van der Waals surface area contributed by atoms with Gasteiger partial charge in [-0.3, -0.25) is 11.3 Å². The predicted molar refractivity (Wildman–Crippen MR) is 73.1 cm³/mol. The lowest BCUT2D eigenvalue weighted by Gasteiger charge is -2.11. The zero-order valence-electron chi connectivity index (χ0n) is 11.0. The van der Waals surface area contributed by atoms with Crippen molar-refractivity contribution in [3.63, 3.8) is 0 Å². The Morgan fingerprint density at radius 2 is 1.75 bits per heavy atom. The highest BCUT2D eigenvalue weighted by atomic mass is 16.5. The number of rotatable bonds is 6. The highest BCUT2D eigenvalue weighted by molar-refractivity contribution is 5.89. The maximum absolute atomic E-state index is 9.55. The average Bonchev–Trinajstić information content (AvgIpc) is 2.44. The van der Waals surface area contributed by atoms with Crippen LogP contribution < -0.4 is 16.0 Å². The van der Waals surface area contributed by atoms with E-state index >= 15 is 0 Å². The Hall–Kier alpha value is -2.38. The van der Waals surface area contributed by atoms with Gasteiger partial charge in [-0.15, -0.1) is 0 Å². The Kier molecular flexibility index (Phi) is 9.28. The summed E-state index contributed by atoms with van der Waals surface area (Å²) in [7, 11) is 0. The van der Waals surface area contributed by atoms with Crippen molar-refractivity contribution in [1.82, 2.24) is 5.43 Å². The summed E-state index contributed by atoms with van der Waals surface area (Å²) in [5.74, 6) is 3.57. The van der Waals surface area contributed by atoms with E-state index in [9.17, 15) is 9.59 Å². The summed E-state index contributed by atoms with van der Waals surface area (Å²) in [5, 5.41) is 15.6. The number of hydrazine groups is 1. The van der Waals surface area contributed by atoms with Gasteiger partial charge in [0.1, 0.15) is 12.4 Å². The van der Waals surface area contributed by atoms with Crippen LogP contribution in [0.25, 0.3) is 0 Å². The molecule has 0 heterocycles. The standard InChI is InChI=1S/C9H14N2O.C4H4O4/c1-8(11-10)7-12-9-5-3-2-4-6-9;5-3(6)1-2-4(7)8/h2-6,8,11H,7,10H2,1H3;1-2H,(H,5,6)(H,7,8). The van der Waals surface area contributed by atoms with E-state index in [0.29, 0.717) is 18.8 Å². The van der Waals surface area contributed by atoms with Gasteiger partial charge < -0.3 is 14.9 Å². The van der Waals surface area contributed by atoms with Crippen LogP contribution >= 0.6 is 0 Å². The molecule has 7 heteroatoms. The number of carboxylic acid groups (broad SMARTS) is 2. The number of carbonyl (C=O) groups is 2. The maximum atomic E-state index is 9.55. The number of nitrogens with one attached hydrogen (secondary N) is 1. The van der Waals surface area contributed by atoms with E-state index in [2.05, 4.69) is 5.43 Å². The molecule has 0 radical (unpaired) electrons. The first kappa shape index (κ1) is 17.6. The SMILES string of the molecule is CC(COc1ccccc1)NN.O=C(O)C=CC(=O)O. The molecule has 1 atom stereocenters. The molecule has 1 aromatic carbocycles. The average molecular weight is 282 g/mol. The molecule has 7 nitrogen and oxygen atoms in total. The summed E-state index contributed by atoms with van der Waals surface area (Å²) in [4.78, 5) is 19.1. The summed E-state index contributed by atoms with van der Waals surface area (Å²) < 4.78 is 5.42. The van der Waals surface area contributed by atoms with Gasteiger partial charge in [-0.1, -0.05) is 18.2 Å². The fraction of sp³-hybridized carbons (Fsp3) is 0.231. The number of benzene rings is 1. The Labute approximate surface area is 116 Å². The molecule has 0 spiro atoms. The van der Waals surface area contributed by atoms with Crippen LogP contribution in [0.5, 0.6) is 5.75 Å². The third kappa shape index (κ3) is 10.8. The van der Waals surface area contributed by atoms with Crippen molar-refractivity contribution in [3.05, 3.63) is 42.5 Å². The number of carboxylic acids is 2. The number of hydrogen-bond acceptors (Lipinski definition) is 5. The second kappa shape index (κ2) is 10.5. The second-order valence-electron chi connectivity index (χ2n) is 3.70. The summed E-state index contributed by atoms with van der Waals surface area (Å²) in [5.41, 5.74) is 2.61. The van der Waals surface area contributed by atoms with Crippen LogP contribution in [-0.4, -0.2) is 34.8 Å². The van der Waals surface area contributed by atoms with Crippen LogP contribution in [0.2, 0.25) is 0 Å². The maximum Gasteiger partial charge on any atom is 0.328 e. The fourth-order valence-electron chi connectivity index (χ4n) is 0.929. The van der Waals surface area contributed by atoms with E-state index in [4.69, 9.17) is 20.8 Å². The van der Waals surface area contributed by atoms with Crippen molar-refractivity contribution < 1.29 is 24.5 Å². The minimum absolute atomic E-state index is 0.171. The molecule has 1 rings (SSSR count). The topological polar surface area (TPSA) is 122 Å². The highest BCUT2D eigenvalue weighted by Crippen LogP contribution is 2.07. The van der Waals surface area contributed by atoms with Gasteiger partial charge in [0.2, 0.25) is 0 Å². The Balaban J connectivity index is 0.000000396. The summed E-state index contributed by atoms with van der Waals surface area (Å²) in [6.07, 6.45) is 1.12. The van der Waals surface area contributed by atoms with Crippen molar-refractivity contribution >= 4 is 11.9 Å². The molecule has 1 unspecified atom stereocenters. The van der Waals surface area contributed by atoms with Gasteiger partial charge in [-0.2, -0.15) is 0 Å². The first-order chi connectivity index (χ1) is 9.45. The van der Waals surface area contributed by atoms with E-state index in [1.54, 1.807) is 0 Å². The van der Waals surface area contributed by atoms with Crippen molar-refractivity contribution in [1.29, 1.82) is 0 Å². The van der Waals surface area contributed by atoms with Crippen molar-refractivity contribution in [3.8, 4) is 5.75 Å². The Morgan fingerprint density at radius 3 is 2.15 bits per heavy atom. The molecule has 110 valence electrons. The number of para-hydroxylation sites is 1. The van der Waals surface area contributed by atoms with Crippen LogP contribution in [0.1, 0.15) is 6.92 Å². The van der Waals surface area contributed by atoms with Gasteiger partial charge in [0.05, 0.1) is 6.04 Å². The normalized spacial score (nSPS) is 11.3. The molecule has 0 aliphatic heterocycles. The zero-order chi connectivity index (χ0) is 15.4. The van der Waals surface area contributed by atoms with Gasteiger partial charge in [-0.25, -0.2) is 9.59 Å². The Morgan fingerprint density at radius 1 is 1.25 bits per heavy atom. The number of ether oxygens (including phenoxy) is 1. The summed E-state index contributed by atoms with van der Waals surface area (Å²) >= 11 is 0. The molecule has 5 N–H and O–H groups in total. The third-order valence-electron chi connectivity index (χ3n) is 1.90. The number of aliphatic carboxylic acids is 2. The molecular formula is C13H18N2O5. The van der Waals surface area contributed by atoms with Gasteiger partial charge in [0.25, 0.3) is 0 Å². The van der Waals surface area contributed by atoms with Crippen molar-refractivity contribution in [2.45, 2.75) is 13.0 Å². The third-order valence-corrected chi connectivity index (χ3v) is 1.90. The Bertz CT molecular complexity index is 418. The van der Waals surface area contributed by atoms with Crippen LogP contribution in [0, 0.1) is 0 Å². The lowest BCUT2D eigenvalue weighted by Crippen LogP contribution is -2.36. The minimum atomic E-state index is -1.26. The lowest BCUT2D eigenvalue weighted by atomic mass is 10.3. The fourth-order valence-corrected chi connectivity index (χ4v) is 0.929. The van der Waals surface area contributed by atoms with Crippen LogP contribution in [0.15, 0.2) is 42.5 Å². The molecule has 0 amide bonds. The molecule has 0 aliphatic rings. The van der Waals surface area contributed by atoms with Gasteiger partial charge in [0, 0.05) is 12.2 Å². The van der Waals surface area contributed by atoms with E-state index in [-0.39, 0.29) is 6.04 Å². The quantitative estimate of drug-likeness (QED) is 0.343. The molecule has 1 aromatic rings. The van der Waals surface area contributed by atoms with E-state index in [0.717, 1.165) is 5.75 Å². The predicted octanol–water partition coefficient (Wildman–Crippen LogP) is 0.629. The number of nitrogens with two attached hydrogens (primary N) is 1. The van der Waals surface area contributed by atoms with Gasteiger partial charge in [-0.05, 0) is 19.1 Å². The van der Waals surface area contributed by atoms with Gasteiger partial charge in [0.15, 0.2) is 0 Å². The van der Waals surface area contributed by atoms with Crippen LogP contribution in [0.4, 0.5) is 0 Å². The number of hydrogen-bond donors (Lipinski definition) is 4. The molecule has 0 bridgehead atoms. The lowest BCUT2D eigenvalue weighted by molar-refractivity contribution is -0.134. The molecular weight excluding hydrogens is 264 g/mol. The highest BCUT2D eigenvalue weighted by Gasteiger charge is 1.98. The van der Waals surface area contributed by atoms with Crippen LogP contribution in [-0.2, 0) is 9.59 Å². The summed E-state index contributed by atoms with van der Waals surface area (Å²) in [6, 6.07) is 9.85. The van der Waals surface area contributed by atoms with Crippen LogP contribution in [0.3, 0.4) is 0 Å². The largest absolute Gasteiger partial charge is 0.492 e. The second-order valence-corrected chi connectivity index (χ2v) is 3.70.